The van der Waals surface area contributed by atoms with E-state index in [9.17, 15) is 9.59 Å². The lowest BCUT2D eigenvalue weighted by molar-refractivity contribution is -0.127. The Hall–Kier alpha value is -3.03. The van der Waals surface area contributed by atoms with Crippen LogP contribution in [0.25, 0.3) is 0 Å². The molecule has 1 fully saturated rings. The van der Waals surface area contributed by atoms with E-state index in [-0.39, 0.29) is 29.8 Å². The maximum absolute atomic E-state index is 14.0. The summed E-state index contributed by atoms with van der Waals surface area (Å²) in [6.45, 7) is 8.25. The number of anilines is 1. The highest BCUT2D eigenvalue weighted by Crippen LogP contribution is 2.38. The molecule has 4 rings (SSSR count). The van der Waals surface area contributed by atoms with Gasteiger partial charge in [0.15, 0.2) is 0 Å². The molecule has 0 saturated heterocycles. The van der Waals surface area contributed by atoms with Crippen molar-refractivity contribution in [2.75, 3.05) is 19.1 Å². The molecule has 34 heavy (non-hydrogen) atoms. The first-order valence-corrected chi connectivity index (χ1v) is 12.0. The lowest BCUT2D eigenvalue weighted by Gasteiger charge is -2.44. The number of benzene rings is 1. The molecule has 1 N–H and O–H groups in total. The lowest BCUT2D eigenvalue weighted by atomic mass is 9.90. The summed E-state index contributed by atoms with van der Waals surface area (Å²) >= 11 is 0. The Bertz CT molecular complexity index is 1060. The van der Waals surface area contributed by atoms with Gasteiger partial charge in [0.05, 0.1) is 32.1 Å². The van der Waals surface area contributed by atoms with Crippen molar-refractivity contribution in [2.24, 2.45) is 0 Å². The van der Waals surface area contributed by atoms with E-state index < -0.39 is 5.54 Å². The van der Waals surface area contributed by atoms with Gasteiger partial charge in [0, 0.05) is 29.7 Å². The molecule has 184 valence electrons. The first kappa shape index (κ1) is 24.1. The lowest BCUT2D eigenvalue weighted by Crippen LogP contribution is -2.65. The summed E-state index contributed by atoms with van der Waals surface area (Å²) in [5.41, 5.74) is 0.424. The largest absolute Gasteiger partial charge is 0.497 e. The summed E-state index contributed by atoms with van der Waals surface area (Å²) < 4.78 is 12.6. The fourth-order valence-corrected chi connectivity index (χ4v) is 4.86. The molecule has 2 aromatic rings. The molecular formula is C26H36N4O4. The van der Waals surface area contributed by atoms with Crippen LogP contribution in [0.3, 0.4) is 0 Å². The van der Waals surface area contributed by atoms with Crippen LogP contribution in [-0.2, 0) is 16.8 Å². The number of ether oxygens (including phenoxy) is 2. The number of amides is 2. The zero-order valence-electron chi connectivity index (χ0n) is 21.1. The third-order valence-electron chi connectivity index (χ3n) is 6.95. The van der Waals surface area contributed by atoms with Gasteiger partial charge >= 0.3 is 0 Å². The third-order valence-corrected chi connectivity index (χ3v) is 6.95. The maximum atomic E-state index is 14.0. The Kier molecular flexibility index (Phi) is 6.36. The minimum atomic E-state index is -1.18. The van der Waals surface area contributed by atoms with Gasteiger partial charge in [0.1, 0.15) is 22.7 Å². The smallest absolute Gasteiger partial charge is 0.277 e. The first-order valence-electron chi connectivity index (χ1n) is 12.0. The van der Waals surface area contributed by atoms with E-state index in [1.807, 2.05) is 13.0 Å². The van der Waals surface area contributed by atoms with Crippen molar-refractivity contribution < 1.29 is 19.1 Å². The SMILES string of the molecule is COc1cc(OC)cc(N2C(=O)c3cc(C(C)(C)C)nn3C[C@]2(C)C(=O)NC2CCCCC2)c1. The number of hydrogen-bond donors (Lipinski definition) is 1. The molecule has 1 aliphatic heterocycles. The van der Waals surface area contributed by atoms with E-state index in [1.54, 1.807) is 42.0 Å². The standard InChI is InChI=1S/C26H36N4O4/c1-25(2,3)22-15-21-23(31)30(18-12-19(33-5)14-20(13-18)34-6)26(4,16-29(21)28-22)24(32)27-17-10-8-7-9-11-17/h12-15,17H,7-11,16H2,1-6H3,(H,27,32)/t26-/m1/s1. The Morgan fingerprint density at radius 1 is 1.06 bits per heavy atom. The molecule has 1 aliphatic carbocycles. The molecule has 0 unspecified atom stereocenters. The number of carbonyl (C=O) groups excluding carboxylic acids is 2. The fourth-order valence-electron chi connectivity index (χ4n) is 4.86. The summed E-state index contributed by atoms with van der Waals surface area (Å²) in [6, 6.07) is 7.25. The Labute approximate surface area is 201 Å². The van der Waals surface area contributed by atoms with Gasteiger partial charge in [-0.2, -0.15) is 5.10 Å². The zero-order valence-corrected chi connectivity index (χ0v) is 21.1. The summed E-state index contributed by atoms with van der Waals surface area (Å²) in [6.07, 6.45) is 5.34. The first-order chi connectivity index (χ1) is 16.1. The van der Waals surface area contributed by atoms with Gasteiger partial charge in [-0.15, -0.1) is 0 Å². The molecule has 1 atom stereocenters. The monoisotopic (exact) mass is 468 g/mol. The number of nitrogens with one attached hydrogen (secondary N) is 1. The van der Waals surface area contributed by atoms with Crippen molar-refractivity contribution in [3.05, 3.63) is 35.7 Å². The van der Waals surface area contributed by atoms with E-state index in [2.05, 4.69) is 26.1 Å². The second-order valence-electron chi connectivity index (χ2n) is 10.6. The number of carbonyl (C=O) groups is 2. The van der Waals surface area contributed by atoms with Gasteiger partial charge in [-0.25, -0.2) is 0 Å². The summed E-state index contributed by atoms with van der Waals surface area (Å²) in [5.74, 6) is 0.650. The summed E-state index contributed by atoms with van der Waals surface area (Å²) in [5, 5.41) is 7.97. The Balaban J connectivity index is 1.81. The van der Waals surface area contributed by atoms with Gasteiger partial charge in [0.25, 0.3) is 5.91 Å². The van der Waals surface area contributed by atoms with Gasteiger partial charge in [-0.3, -0.25) is 19.2 Å². The zero-order chi connectivity index (χ0) is 24.7. The molecule has 0 bridgehead atoms. The molecule has 2 heterocycles. The summed E-state index contributed by atoms with van der Waals surface area (Å²) in [7, 11) is 3.13. The Morgan fingerprint density at radius 3 is 2.24 bits per heavy atom. The van der Waals surface area contributed by atoms with Crippen LogP contribution in [0.2, 0.25) is 0 Å². The van der Waals surface area contributed by atoms with Crippen LogP contribution in [0.1, 0.15) is 76.0 Å². The van der Waals surface area contributed by atoms with Crippen LogP contribution in [-0.4, -0.2) is 47.4 Å². The number of nitrogens with zero attached hydrogens (tertiary/aromatic N) is 3. The van der Waals surface area contributed by atoms with Crippen molar-refractivity contribution in [1.29, 1.82) is 0 Å². The molecule has 2 amide bonds. The van der Waals surface area contributed by atoms with E-state index in [0.717, 1.165) is 31.4 Å². The molecule has 0 radical (unpaired) electrons. The normalized spacial score (nSPS) is 21.2. The Morgan fingerprint density at radius 2 is 1.68 bits per heavy atom. The maximum Gasteiger partial charge on any atom is 0.277 e. The highest BCUT2D eigenvalue weighted by molar-refractivity contribution is 6.12. The van der Waals surface area contributed by atoms with Crippen LogP contribution in [0.15, 0.2) is 24.3 Å². The molecule has 8 nitrogen and oxygen atoms in total. The molecule has 2 aliphatic rings. The quantitative estimate of drug-likeness (QED) is 0.715. The van der Waals surface area contributed by atoms with Crippen molar-refractivity contribution in [3.63, 3.8) is 0 Å². The van der Waals surface area contributed by atoms with E-state index >= 15 is 0 Å². The van der Waals surface area contributed by atoms with Crippen LogP contribution in [0, 0.1) is 0 Å². The second-order valence-corrected chi connectivity index (χ2v) is 10.6. The highest BCUT2D eigenvalue weighted by Gasteiger charge is 2.49. The van der Waals surface area contributed by atoms with Gasteiger partial charge in [-0.1, -0.05) is 40.0 Å². The molecular weight excluding hydrogens is 432 g/mol. The molecule has 1 aromatic heterocycles. The molecule has 1 aromatic carbocycles. The van der Waals surface area contributed by atoms with Crippen molar-refractivity contribution in [1.82, 2.24) is 15.1 Å². The predicted molar refractivity (Wildman–Crippen MR) is 131 cm³/mol. The van der Waals surface area contributed by atoms with Crippen LogP contribution in [0.5, 0.6) is 11.5 Å². The van der Waals surface area contributed by atoms with E-state index in [0.29, 0.717) is 22.9 Å². The number of rotatable bonds is 5. The van der Waals surface area contributed by atoms with Crippen LogP contribution in [0.4, 0.5) is 5.69 Å². The van der Waals surface area contributed by atoms with Gasteiger partial charge < -0.3 is 14.8 Å². The van der Waals surface area contributed by atoms with E-state index in [1.165, 1.54) is 6.42 Å². The van der Waals surface area contributed by atoms with Crippen LogP contribution < -0.4 is 19.7 Å². The van der Waals surface area contributed by atoms with Gasteiger partial charge in [0.2, 0.25) is 5.91 Å². The molecule has 0 spiro atoms. The van der Waals surface area contributed by atoms with Crippen molar-refractivity contribution in [3.8, 4) is 11.5 Å². The average molecular weight is 469 g/mol. The molecule has 1 saturated carbocycles. The average Bonchev–Trinajstić information content (AvgIpc) is 3.24. The van der Waals surface area contributed by atoms with Gasteiger partial charge in [-0.05, 0) is 25.8 Å². The highest BCUT2D eigenvalue weighted by atomic mass is 16.5. The predicted octanol–water partition coefficient (Wildman–Crippen LogP) is 4.07. The second kappa shape index (κ2) is 8.96. The number of aromatic nitrogens is 2. The third kappa shape index (κ3) is 4.38. The number of methoxy groups -OCH3 is 2. The summed E-state index contributed by atoms with van der Waals surface area (Å²) in [4.78, 5) is 29.4. The fraction of sp³-hybridized carbons (Fsp3) is 0.577. The molecule has 8 heteroatoms. The van der Waals surface area contributed by atoms with Crippen molar-refractivity contribution >= 4 is 17.5 Å². The minimum absolute atomic E-state index is 0.124. The minimum Gasteiger partial charge on any atom is -0.497 e. The van der Waals surface area contributed by atoms with E-state index in [4.69, 9.17) is 14.6 Å². The topological polar surface area (TPSA) is 85.7 Å². The number of hydrogen-bond acceptors (Lipinski definition) is 5. The number of fused-ring (bicyclic) bond motifs is 1. The van der Waals surface area contributed by atoms with Crippen molar-refractivity contribution in [2.45, 2.75) is 83.3 Å². The van der Waals surface area contributed by atoms with Crippen LogP contribution >= 0.6 is 0 Å².